The number of quaternary nitrogens is 1. The van der Waals surface area contributed by atoms with E-state index in [-0.39, 0.29) is 17.7 Å². The van der Waals surface area contributed by atoms with Gasteiger partial charge in [-0.25, -0.2) is 0 Å². The third-order valence-corrected chi connectivity index (χ3v) is 4.77. The molecule has 27 heavy (non-hydrogen) atoms. The number of piperidine rings is 1. The molecule has 4 N–H and O–H groups in total. The number of benzene rings is 1. The first-order valence-electron chi connectivity index (χ1n) is 9.81. The molecule has 1 aromatic carbocycles. The van der Waals surface area contributed by atoms with Crippen LogP contribution in [0.15, 0.2) is 18.2 Å². The van der Waals surface area contributed by atoms with Crippen LogP contribution in [0.3, 0.4) is 0 Å². The number of nitrogens with two attached hydrogens (primary N) is 1. The average molecular weight is 378 g/mol. The first-order chi connectivity index (χ1) is 13.0. The topological polar surface area (TPSA) is 95.1 Å². The van der Waals surface area contributed by atoms with Gasteiger partial charge in [0.15, 0.2) is 18.0 Å². The van der Waals surface area contributed by atoms with Crippen LogP contribution in [0, 0.1) is 5.92 Å². The van der Waals surface area contributed by atoms with Crippen molar-refractivity contribution in [1.82, 2.24) is 5.32 Å². The van der Waals surface area contributed by atoms with E-state index in [1.807, 2.05) is 32.0 Å². The maximum absolute atomic E-state index is 12.2. The Kier molecular flexibility index (Phi) is 8.39. The van der Waals surface area contributed by atoms with Crippen molar-refractivity contribution < 1.29 is 24.0 Å². The molecule has 2 amide bonds. The SMILES string of the molecule is CCOc1ccc(CCNC(=O)C[NH+]2CCC[C@@H](C(N)=O)C2)cc1OCC. The first kappa shape index (κ1) is 21.0. The van der Waals surface area contributed by atoms with E-state index in [1.54, 1.807) is 0 Å². The number of carbonyl (C=O) groups is 2. The van der Waals surface area contributed by atoms with Gasteiger partial charge in [-0.15, -0.1) is 0 Å². The van der Waals surface area contributed by atoms with Gasteiger partial charge in [-0.1, -0.05) is 6.07 Å². The second-order valence-corrected chi connectivity index (χ2v) is 6.87. The summed E-state index contributed by atoms with van der Waals surface area (Å²) < 4.78 is 11.2. The number of likely N-dealkylation sites (tertiary alicyclic amines) is 1. The molecule has 0 spiro atoms. The molecule has 0 saturated carbocycles. The fraction of sp³-hybridized carbons (Fsp3) is 0.600. The largest absolute Gasteiger partial charge is 0.490 e. The van der Waals surface area contributed by atoms with Crippen LogP contribution in [0.5, 0.6) is 11.5 Å². The van der Waals surface area contributed by atoms with Gasteiger partial charge in [0.2, 0.25) is 5.91 Å². The Bertz CT molecular complexity index is 636. The van der Waals surface area contributed by atoms with Gasteiger partial charge in [0.1, 0.15) is 0 Å². The number of carbonyl (C=O) groups excluding carboxylic acids is 2. The fourth-order valence-electron chi connectivity index (χ4n) is 3.44. The number of hydrogen-bond donors (Lipinski definition) is 3. The molecular weight excluding hydrogens is 346 g/mol. The summed E-state index contributed by atoms with van der Waals surface area (Å²) in [5.41, 5.74) is 6.48. The molecular formula is C20H32N3O4+. The van der Waals surface area contributed by atoms with Gasteiger partial charge in [0.25, 0.3) is 5.91 Å². The summed E-state index contributed by atoms with van der Waals surface area (Å²) in [7, 11) is 0. The average Bonchev–Trinajstić information content (AvgIpc) is 2.64. The molecule has 0 aliphatic carbocycles. The summed E-state index contributed by atoms with van der Waals surface area (Å²) in [6, 6.07) is 5.87. The van der Waals surface area contributed by atoms with Crippen molar-refractivity contribution in [1.29, 1.82) is 0 Å². The van der Waals surface area contributed by atoms with Crippen LogP contribution in [-0.2, 0) is 16.0 Å². The van der Waals surface area contributed by atoms with Crippen LogP contribution >= 0.6 is 0 Å². The lowest BCUT2D eigenvalue weighted by atomic mass is 9.97. The summed E-state index contributed by atoms with van der Waals surface area (Å²) in [6.45, 7) is 7.55. The highest BCUT2D eigenvalue weighted by Gasteiger charge is 2.28. The third kappa shape index (κ3) is 6.75. The monoisotopic (exact) mass is 378 g/mol. The minimum Gasteiger partial charge on any atom is -0.490 e. The maximum atomic E-state index is 12.2. The highest BCUT2D eigenvalue weighted by atomic mass is 16.5. The molecule has 2 rings (SSSR count). The molecule has 1 aliphatic rings. The lowest BCUT2D eigenvalue weighted by Gasteiger charge is -2.27. The Hall–Kier alpha value is -2.28. The van der Waals surface area contributed by atoms with Crippen LogP contribution in [0.1, 0.15) is 32.3 Å². The lowest BCUT2D eigenvalue weighted by molar-refractivity contribution is -0.899. The van der Waals surface area contributed by atoms with Crippen LogP contribution in [0.4, 0.5) is 0 Å². The Balaban J connectivity index is 1.79. The maximum Gasteiger partial charge on any atom is 0.275 e. The summed E-state index contributed by atoms with van der Waals surface area (Å²) in [5.74, 6) is 1.12. The Morgan fingerprint density at radius 3 is 2.67 bits per heavy atom. The van der Waals surface area contributed by atoms with Crippen molar-refractivity contribution in [3.05, 3.63) is 23.8 Å². The van der Waals surface area contributed by atoms with E-state index >= 15 is 0 Å². The minimum atomic E-state index is -0.256. The number of amides is 2. The molecule has 1 unspecified atom stereocenters. The minimum absolute atomic E-state index is 0.00564. The molecule has 2 atom stereocenters. The summed E-state index contributed by atoms with van der Waals surface area (Å²) in [5, 5.41) is 2.97. The highest BCUT2D eigenvalue weighted by molar-refractivity contribution is 5.77. The van der Waals surface area contributed by atoms with Crippen molar-refractivity contribution in [2.75, 3.05) is 39.4 Å². The summed E-state index contributed by atoms with van der Waals surface area (Å²) in [4.78, 5) is 24.7. The normalized spacial score (nSPS) is 19.3. The van der Waals surface area contributed by atoms with E-state index in [2.05, 4.69) is 5.32 Å². The zero-order valence-corrected chi connectivity index (χ0v) is 16.4. The Morgan fingerprint density at radius 1 is 1.22 bits per heavy atom. The lowest BCUT2D eigenvalue weighted by Crippen LogP contribution is -3.15. The van der Waals surface area contributed by atoms with Crippen molar-refractivity contribution >= 4 is 11.8 Å². The van der Waals surface area contributed by atoms with Crippen LogP contribution in [0.25, 0.3) is 0 Å². The molecule has 1 aliphatic heterocycles. The van der Waals surface area contributed by atoms with Crippen molar-refractivity contribution in [2.45, 2.75) is 33.1 Å². The second kappa shape index (κ2) is 10.8. The van der Waals surface area contributed by atoms with Gasteiger partial charge in [-0.3, -0.25) is 9.59 Å². The molecule has 0 bridgehead atoms. The highest BCUT2D eigenvalue weighted by Crippen LogP contribution is 2.28. The van der Waals surface area contributed by atoms with Crippen molar-refractivity contribution in [2.24, 2.45) is 11.7 Å². The van der Waals surface area contributed by atoms with Crippen molar-refractivity contribution in [3.63, 3.8) is 0 Å². The van der Waals surface area contributed by atoms with E-state index < -0.39 is 0 Å². The molecule has 1 heterocycles. The van der Waals surface area contributed by atoms with Crippen LogP contribution in [-0.4, -0.2) is 51.2 Å². The molecule has 7 heteroatoms. The van der Waals surface area contributed by atoms with E-state index in [0.29, 0.717) is 32.8 Å². The standard InChI is InChI=1S/C20H31N3O4/c1-3-26-17-8-7-15(12-18(17)27-4-2)9-10-22-19(24)14-23-11-5-6-16(13-23)20(21)25/h7-8,12,16H,3-6,9-11,13-14H2,1-2H3,(H2,21,25)(H,22,24)/p+1/t16-/m1/s1. The number of rotatable bonds is 10. The van der Waals surface area contributed by atoms with Gasteiger partial charge < -0.3 is 25.4 Å². The van der Waals surface area contributed by atoms with E-state index in [9.17, 15) is 9.59 Å². The van der Waals surface area contributed by atoms with Gasteiger partial charge in [0.05, 0.1) is 32.2 Å². The molecule has 0 radical (unpaired) electrons. The number of nitrogens with one attached hydrogen (secondary N) is 2. The molecule has 7 nitrogen and oxygen atoms in total. The van der Waals surface area contributed by atoms with Gasteiger partial charge >= 0.3 is 0 Å². The molecule has 0 aromatic heterocycles. The van der Waals surface area contributed by atoms with Gasteiger partial charge in [-0.2, -0.15) is 0 Å². The Morgan fingerprint density at radius 2 is 1.96 bits per heavy atom. The summed E-state index contributed by atoms with van der Waals surface area (Å²) in [6.07, 6.45) is 2.49. The number of ether oxygens (including phenoxy) is 2. The molecule has 1 saturated heterocycles. The third-order valence-electron chi connectivity index (χ3n) is 4.77. The zero-order valence-electron chi connectivity index (χ0n) is 16.4. The first-order valence-corrected chi connectivity index (χ1v) is 9.81. The Labute approximate surface area is 161 Å². The number of primary amides is 1. The summed E-state index contributed by atoms with van der Waals surface area (Å²) >= 11 is 0. The molecule has 1 aromatic rings. The quantitative estimate of drug-likeness (QED) is 0.531. The van der Waals surface area contributed by atoms with E-state index in [1.165, 1.54) is 0 Å². The van der Waals surface area contributed by atoms with E-state index in [0.717, 1.165) is 47.8 Å². The van der Waals surface area contributed by atoms with Gasteiger partial charge in [-0.05, 0) is 50.8 Å². The second-order valence-electron chi connectivity index (χ2n) is 6.87. The van der Waals surface area contributed by atoms with E-state index in [4.69, 9.17) is 15.2 Å². The van der Waals surface area contributed by atoms with Gasteiger partial charge in [0, 0.05) is 6.54 Å². The number of hydrogen-bond acceptors (Lipinski definition) is 4. The molecule has 1 fully saturated rings. The smallest absolute Gasteiger partial charge is 0.275 e. The van der Waals surface area contributed by atoms with Crippen LogP contribution < -0.4 is 25.4 Å². The molecule has 150 valence electrons. The van der Waals surface area contributed by atoms with Crippen molar-refractivity contribution in [3.8, 4) is 11.5 Å². The van der Waals surface area contributed by atoms with Crippen LogP contribution in [0.2, 0.25) is 0 Å². The predicted octanol–water partition coefficient (Wildman–Crippen LogP) is -0.0771. The predicted molar refractivity (Wildman–Crippen MR) is 103 cm³/mol. The zero-order chi connectivity index (χ0) is 19.6. The fourth-order valence-corrected chi connectivity index (χ4v) is 3.44.